The van der Waals surface area contributed by atoms with Gasteiger partial charge < -0.3 is 4.74 Å². The van der Waals surface area contributed by atoms with Gasteiger partial charge in [0.2, 0.25) is 0 Å². The van der Waals surface area contributed by atoms with Gasteiger partial charge in [0.15, 0.2) is 0 Å². The van der Waals surface area contributed by atoms with Crippen LogP contribution in [0.4, 0.5) is 0 Å². The summed E-state index contributed by atoms with van der Waals surface area (Å²) in [4.78, 5) is 11.2. The van der Waals surface area contributed by atoms with E-state index in [1.54, 1.807) is 0 Å². The average Bonchev–Trinajstić information content (AvgIpc) is 3.02. The van der Waals surface area contributed by atoms with Crippen LogP contribution in [0.1, 0.15) is 24.2 Å². The van der Waals surface area contributed by atoms with Gasteiger partial charge in [-0.15, -0.1) is 0 Å². The van der Waals surface area contributed by atoms with Gasteiger partial charge in [0.1, 0.15) is 0 Å². The predicted molar refractivity (Wildman–Crippen MR) is 81.6 cm³/mol. The number of hydrogen-bond acceptors (Lipinski definition) is 4. The van der Waals surface area contributed by atoms with Crippen LogP contribution in [0.15, 0.2) is 48.8 Å². The largest absolute Gasteiger partial charge is 0.377 e. The van der Waals surface area contributed by atoms with E-state index >= 15 is 0 Å². The highest BCUT2D eigenvalue weighted by Gasteiger charge is 2.20. The van der Waals surface area contributed by atoms with Gasteiger partial charge in [-0.2, -0.15) is 0 Å². The summed E-state index contributed by atoms with van der Waals surface area (Å²) in [6.45, 7) is 3.49. The Bertz CT molecular complexity index is 485. The highest BCUT2D eigenvalue weighted by Crippen LogP contribution is 2.16. The van der Waals surface area contributed by atoms with Crippen LogP contribution in [0.2, 0.25) is 0 Å². The Balaban J connectivity index is 1.67. The molecule has 110 valence electrons. The smallest absolute Gasteiger partial charge is 0.0703 e. The Morgan fingerprint density at radius 1 is 1.00 bits per heavy atom. The molecule has 4 nitrogen and oxygen atoms in total. The van der Waals surface area contributed by atoms with Gasteiger partial charge in [-0.25, -0.2) is 0 Å². The van der Waals surface area contributed by atoms with Gasteiger partial charge in [-0.1, -0.05) is 12.1 Å². The number of ether oxygens (including phenoxy) is 1. The summed E-state index contributed by atoms with van der Waals surface area (Å²) in [6, 6.07) is 12.1. The SMILES string of the molecule is c1ccc(CN(Cc2ccccn2)CC2CCCO2)nc1. The maximum atomic E-state index is 5.78. The first-order valence-corrected chi connectivity index (χ1v) is 7.54. The molecular weight excluding hydrogens is 262 g/mol. The van der Waals surface area contributed by atoms with E-state index in [1.807, 2.05) is 36.7 Å². The summed E-state index contributed by atoms with van der Waals surface area (Å²) < 4.78 is 5.78. The van der Waals surface area contributed by atoms with Gasteiger partial charge in [-0.05, 0) is 37.1 Å². The normalized spacial score (nSPS) is 18.2. The summed E-state index contributed by atoms with van der Waals surface area (Å²) in [5.74, 6) is 0. The highest BCUT2D eigenvalue weighted by molar-refractivity contribution is 5.06. The first-order valence-electron chi connectivity index (χ1n) is 7.54. The number of pyridine rings is 2. The third kappa shape index (κ3) is 4.34. The molecule has 0 amide bonds. The van der Waals surface area contributed by atoms with Crippen LogP contribution in [-0.4, -0.2) is 34.1 Å². The van der Waals surface area contributed by atoms with Crippen molar-refractivity contribution in [3.63, 3.8) is 0 Å². The lowest BCUT2D eigenvalue weighted by Crippen LogP contribution is -2.32. The second kappa shape index (κ2) is 7.29. The van der Waals surface area contributed by atoms with Crippen LogP contribution in [0.5, 0.6) is 0 Å². The summed E-state index contributed by atoms with van der Waals surface area (Å²) in [5.41, 5.74) is 2.18. The lowest BCUT2D eigenvalue weighted by molar-refractivity contribution is 0.0670. The Morgan fingerprint density at radius 3 is 2.14 bits per heavy atom. The molecule has 21 heavy (non-hydrogen) atoms. The van der Waals surface area contributed by atoms with Gasteiger partial charge in [-0.3, -0.25) is 14.9 Å². The summed E-state index contributed by atoms with van der Waals surface area (Å²) in [7, 11) is 0. The minimum Gasteiger partial charge on any atom is -0.377 e. The van der Waals surface area contributed by atoms with Crippen LogP contribution in [-0.2, 0) is 17.8 Å². The van der Waals surface area contributed by atoms with E-state index in [9.17, 15) is 0 Å². The van der Waals surface area contributed by atoms with Crippen molar-refractivity contribution in [3.05, 3.63) is 60.2 Å². The minimum absolute atomic E-state index is 0.345. The number of aromatic nitrogens is 2. The first-order chi connectivity index (χ1) is 10.4. The molecule has 0 aliphatic carbocycles. The lowest BCUT2D eigenvalue weighted by Gasteiger charge is -2.24. The van der Waals surface area contributed by atoms with E-state index in [4.69, 9.17) is 4.74 Å². The van der Waals surface area contributed by atoms with Crippen LogP contribution < -0.4 is 0 Å². The van der Waals surface area contributed by atoms with Crippen molar-refractivity contribution in [2.24, 2.45) is 0 Å². The van der Waals surface area contributed by atoms with Gasteiger partial charge in [0.25, 0.3) is 0 Å². The molecule has 0 radical (unpaired) electrons. The average molecular weight is 283 g/mol. The minimum atomic E-state index is 0.345. The highest BCUT2D eigenvalue weighted by atomic mass is 16.5. The van der Waals surface area contributed by atoms with Gasteiger partial charge in [0.05, 0.1) is 17.5 Å². The first kappa shape index (κ1) is 14.2. The van der Waals surface area contributed by atoms with E-state index in [-0.39, 0.29) is 0 Å². The lowest BCUT2D eigenvalue weighted by atomic mass is 10.2. The van der Waals surface area contributed by atoms with Gasteiger partial charge >= 0.3 is 0 Å². The molecule has 0 N–H and O–H groups in total. The van der Waals surface area contributed by atoms with Crippen molar-refractivity contribution >= 4 is 0 Å². The quantitative estimate of drug-likeness (QED) is 0.817. The third-order valence-corrected chi connectivity index (χ3v) is 3.71. The van der Waals surface area contributed by atoms with Crippen molar-refractivity contribution in [3.8, 4) is 0 Å². The van der Waals surface area contributed by atoms with E-state index in [0.29, 0.717) is 6.10 Å². The number of rotatable bonds is 6. The number of hydrogen-bond donors (Lipinski definition) is 0. The molecule has 1 saturated heterocycles. The number of nitrogens with zero attached hydrogens (tertiary/aromatic N) is 3. The second-order valence-electron chi connectivity index (χ2n) is 5.45. The summed E-state index contributed by atoms with van der Waals surface area (Å²) in [6.07, 6.45) is 6.37. The topological polar surface area (TPSA) is 38.2 Å². The summed E-state index contributed by atoms with van der Waals surface area (Å²) >= 11 is 0. The maximum absolute atomic E-state index is 5.78. The zero-order valence-corrected chi connectivity index (χ0v) is 12.2. The molecule has 1 unspecified atom stereocenters. The van der Waals surface area contributed by atoms with E-state index < -0.39 is 0 Å². The Kier molecular flexibility index (Phi) is 4.92. The fraction of sp³-hybridized carbons (Fsp3) is 0.412. The van der Waals surface area contributed by atoms with Crippen molar-refractivity contribution in [1.29, 1.82) is 0 Å². The molecule has 0 saturated carbocycles. The molecule has 3 rings (SSSR count). The molecule has 4 heteroatoms. The summed E-state index contributed by atoms with van der Waals surface area (Å²) in [5, 5.41) is 0. The monoisotopic (exact) mass is 283 g/mol. The van der Waals surface area contributed by atoms with Crippen LogP contribution >= 0.6 is 0 Å². The van der Waals surface area contributed by atoms with Crippen molar-refractivity contribution in [1.82, 2.24) is 14.9 Å². The Morgan fingerprint density at radius 2 is 1.67 bits per heavy atom. The molecule has 1 aliphatic rings. The van der Waals surface area contributed by atoms with Crippen LogP contribution in [0, 0.1) is 0 Å². The van der Waals surface area contributed by atoms with Crippen LogP contribution in [0.25, 0.3) is 0 Å². The maximum Gasteiger partial charge on any atom is 0.0703 e. The molecule has 2 aromatic rings. The Labute approximate surface area is 125 Å². The standard InChI is InChI=1S/C17H21N3O/c1-3-9-18-15(6-1)12-20(14-17-8-5-11-21-17)13-16-7-2-4-10-19-16/h1-4,6-7,9-10,17H,5,8,11-14H2. The molecule has 1 fully saturated rings. The molecular formula is C17H21N3O. The van der Waals surface area contributed by atoms with E-state index in [0.717, 1.165) is 44.0 Å². The van der Waals surface area contributed by atoms with E-state index in [1.165, 1.54) is 6.42 Å². The molecule has 1 atom stereocenters. The zero-order chi connectivity index (χ0) is 14.3. The zero-order valence-electron chi connectivity index (χ0n) is 12.2. The molecule has 3 heterocycles. The molecule has 2 aromatic heterocycles. The molecule has 1 aliphatic heterocycles. The second-order valence-corrected chi connectivity index (χ2v) is 5.45. The van der Waals surface area contributed by atoms with Crippen molar-refractivity contribution in [2.75, 3.05) is 13.2 Å². The molecule has 0 spiro atoms. The Hall–Kier alpha value is -1.78. The third-order valence-electron chi connectivity index (χ3n) is 3.71. The van der Waals surface area contributed by atoms with Crippen LogP contribution in [0.3, 0.4) is 0 Å². The molecule has 0 aromatic carbocycles. The molecule has 0 bridgehead atoms. The van der Waals surface area contributed by atoms with Crippen molar-refractivity contribution < 1.29 is 4.74 Å². The van der Waals surface area contributed by atoms with E-state index in [2.05, 4.69) is 27.0 Å². The fourth-order valence-corrected chi connectivity index (χ4v) is 2.70. The predicted octanol–water partition coefficient (Wildman–Crippen LogP) is 2.66. The fourth-order valence-electron chi connectivity index (χ4n) is 2.70. The van der Waals surface area contributed by atoms with Gasteiger partial charge in [0, 0.05) is 38.6 Å². The van der Waals surface area contributed by atoms with Crippen molar-refractivity contribution in [2.45, 2.75) is 32.0 Å².